The van der Waals surface area contributed by atoms with Gasteiger partial charge in [-0.1, -0.05) is 25.6 Å². The molecule has 6 heteroatoms. The number of hydrogen-bond donors (Lipinski definition) is 2. The van der Waals surface area contributed by atoms with Gasteiger partial charge in [0.1, 0.15) is 0 Å². The van der Waals surface area contributed by atoms with Crippen molar-refractivity contribution in [2.24, 2.45) is 5.92 Å². The molecule has 21 heavy (non-hydrogen) atoms. The van der Waals surface area contributed by atoms with E-state index in [-0.39, 0.29) is 0 Å². The van der Waals surface area contributed by atoms with Gasteiger partial charge in [0.25, 0.3) is 0 Å². The third kappa shape index (κ3) is 5.21. The molecule has 0 spiro atoms. The van der Waals surface area contributed by atoms with Crippen molar-refractivity contribution in [1.29, 1.82) is 0 Å². The van der Waals surface area contributed by atoms with Crippen LogP contribution in [-0.4, -0.2) is 46.3 Å². The van der Waals surface area contributed by atoms with E-state index in [9.17, 15) is 0 Å². The lowest BCUT2D eigenvalue weighted by molar-refractivity contribution is 0.265. The van der Waals surface area contributed by atoms with Crippen molar-refractivity contribution in [2.45, 2.75) is 50.2 Å². The molecule has 1 aromatic rings. The van der Waals surface area contributed by atoms with Crippen LogP contribution in [0.4, 0.5) is 0 Å². The molecule has 2 N–H and O–H groups in total. The van der Waals surface area contributed by atoms with Gasteiger partial charge >= 0.3 is 0 Å². The van der Waals surface area contributed by atoms with E-state index in [0.717, 1.165) is 31.2 Å². The summed E-state index contributed by atoms with van der Waals surface area (Å²) in [5.41, 5.74) is 7.66. The maximum atomic E-state index is 4.47. The molecule has 1 aliphatic rings. The predicted molar refractivity (Wildman–Crippen MR) is 88.1 cm³/mol. The number of thioether (sulfide) groups is 1. The van der Waals surface area contributed by atoms with Crippen LogP contribution in [0.15, 0.2) is 17.6 Å². The molecule has 0 saturated carbocycles. The highest BCUT2D eigenvalue weighted by molar-refractivity contribution is 7.99. The SMILES string of the molecule is CCC(C)Sc1ncc(CN(C)CC2CNNC2C)cn1. The van der Waals surface area contributed by atoms with Crippen LogP contribution in [-0.2, 0) is 6.54 Å². The van der Waals surface area contributed by atoms with E-state index in [1.54, 1.807) is 11.8 Å². The van der Waals surface area contributed by atoms with Crippen LogP contribution in [0.5, 0.6) is 0 Å². The van der Waals surface area contributed by atoms with Crippen molar-refractivity contribution in [1.82, 2.24) is 25.7 Å². The first kappa shape index (κ1) is 16.7. The second-order valence-electron chi connectivity index (χ2n) is 5.98. The van der Waals surface area contributed by atoms with Gasteiger partial charge in [0.2, 0.25) is 0 Å². The number of nitrogens with zero attached hydrogens (tertiary/aromatic N) is 3. The fourth-order valence-corrected chi connectivity index (χ4v) is 3.15. The van der Waals surface area contributed by atoms with E-state index < -0.39 is 0 Å². The fourth-order valence-electron chi connectivity index (χ4n) is 2.39. The summed E-state index contributed by atoms with van der Waals surface area (Å²) in [5.74, 6) is 0.649. The monoisotopic (exact) mass is 309 g/mol. The third-order valence-electron chi connectivity index (χ3n) is 3.96. The van der Waals surface area contributed by atoms with Crippen molar-refractivity contribution in [3.05, 3.63) is 18.0 Å². The van der Waals surface area contributed by atoms with E-state index in [0.29, 0.717) is 17.2 Å². The molecule has 1 aliphatic heterocycles. The molecule has 2 heterocycles. The number of aromatic nitrogens is 2. The second-order valence-corrected chi connectivity index (χ2v) is 7.39. The zero-order valence-electron chi connectivity index (χ0n) is 13.5. The van der Waals surface area contributed by atoms with Crippen molar-refractivity contribution in [2.75, 3.05) is 20.1 Å². The minimum absolute atomic E-state index is 0.526. The van der Waals surface area contributed by atoms with Gasteiger partial charge in [0.05, 0.1) is 0 Å². The predicted octanol–water partition coefficient (Wildman–Crippen LogP) is 1.91. The van der Waals surface area contributed by atoms with Crippen LogP contribution in [0.2, 0.25) is 0 Å². The summed E-state index contributed by atoms with van der Waals surface area (Å²) in [6.45, 7) is 9.63. The van der Waals surface area contributed by atoms with Gasteiger partial charge in [-0.2, -0.15) is 0 Å². The van der Waals surface area contributed by atoms with Gasteiger partial charge in [-0.3, -0.25) is 10.9 Å². The van der Waals surface area contributed by atoms with E-state index >= 15 is 0 Å². The van der Waals surface area contributed by atoms with Crippen LogP contribution in [0.3, 0.4) is 0 Å². The maximum Gasteiger partial charge on any atom is 0.187 e. The standard InChI is InChI=1S/C15H27N5S/c1-5-11(2)21-15-16-6-13(7-17-15)9-20(4)10-14-8-18-19-12(14)3/h6-7,11-12,14,18-19H,5,8-10H2,1-4H3. The summed E-state index contributed by atoms with van der Waals surface area (Å²) in [6, 6.07) is 0.526. The quantitative estimate of drug-likeness (QED) is 0.593. The first-order valence-electron chi connectivity index (χ1n) is 7.73. The summed E-state index contributed by atoms with van der Waals surface area (Å²) >= 11 is 1.75. The Labute approximate surface area is 132 Å². The Balaban J connectivity index is 1.82. The molecule has 2 rings (SSSR count). The molecule has 0 aliphatic carbocycles. The topological polar surface area (TPSA) is 53.1 Å². The number of rotatable bonds is 7. The molecule has 0 bridgehead atoms. The summed E-state index contributed by atoms with van der Waals surface area (Å²) in [7, 11) is 2.16. The van der Waals surface area contributed by atoms with Crippen LogP contribution in [0.1, 0.15) is 32.8 Å². The molecule has 5 nitrogen and oxygen atoms in total. The average molecular weight is 309 g/mol. The Bertz CT molecular complexity index is 425. The Hall–Kier alpha value is -0.690. The molecule has 1 saturated heterocycles. The van der Waals surface area contributed by atoms with Gasteiger partial charge in [-0.15, -0.1) is 0 Å². The fraction of sp³-hybridized carbons (Fsp3) is 0.733. The summed E-state index contributed by atoms with van der Waals surface area (Å²) in [4.78, 5) is 11.3. The van der Waals surface area contributed by atoms with Gasteiger partial charge < -0.3 is 4.90 Å². The van der Waals surface area contributed by atoms with Crippen LogP contribution >= 0.6 is 11.8 Å². The number of hydrazine groups is 1. The summed E-state index contributed by atoms with van der Waals surface area (Å²) < 4.78 is 0. The van der Waals surface area contributed by atoms with Gasteiger partial charge in [0, 0.05) is 54.8 Å². The lowest BCUT2D eigenvalue weighted by Gasteiger charge is -2.22. The smallest absolute Gasteiger partial charge is 0.187 e. The Morgan fingerprint density at radius 2 is 2.14 bits per heavy atom. The second kappa shape index (κ2) is 8.08. The third-order valence-corrected chi connectivity index (χ3v) is 5.12. The zero-order chi connectivity index (χ0) is 15.2. The lowest BCUT2D eigenvalue weighted by atomic mass is 10.0. The van der Waals surface area contributed by atoms with Crippen molar-refractivity contribution in [3.8, 4) is 0 Å². The van der Waals surface area contributed by atoms with Crippen molar-refractivity contribution in [3.63, 3.8) is 0 Å². The highest BCUT2D eigenvalue weighted by Crippen LogP contribution is 2.21. The molecule has 1 fully saturated rings. The highest BCUT2D eigenvalue weighted by Gasteiger charge is 2.23. The Morgan fingerprint density at radius 1 is 1.43 bits per heavy atom. The first-order chi connectivity index (χ1) is 10.1. The van der Waals surface area contributed by atoms with Crippen LogP contribution in [0, 0.1) is 5.92 Å². The molecule has 1 aromatic heterocycles. The number of nitrogens with one attached hydrogen (secondary N) is 2. The summed E-state index contributed by atoms with van der Waals surface area (Å²) in [6.07, 6.45) is 5.06. The molecule has 0 radical (unpaired) electrons. The maximum absolute atomic E-state index is 4.47. The van der Waals surface area contributed by atoms with Gasteiger partial charge in [-0.05, 0) is 20.4 Å². The van der Waals surface area contributed by atoms with E-state index in [2.05, 4.69) is 53.5 Å². The largest absolute Gasteiger partial charge is 0.302 e. The van der Waals surface area contributed by atoms with Crippen molar-refractivity contribution >= 4 is 11.8 Å². The molecular weight excluding hydrogens is 282 g/mol. The Morgan fingerprint density at radius 3 is 2.71 bits per heavy atom. The molecule has 3 atom stereocenters. The highest BCUT2D eigenvalue weighted by atomic mass is 32.2. The van der Waals surface area contributed by atoms with E-state index in [1.165, 1.54) is 5.56 Å². The lowest BCUT2D eigenvalue weighted by Crippen LogP contribution is -2.33. The average Bonchev–Trinajstić information content (AvgIpc) is 2.86. The van der Waals surface area contributed by atoms with Crippen LogP contribution in [0.25, 0.3) is 0 Å². The Kier molecular flexibility index (Phi) is 6.41. The minimum Gasteiger partial charge on any atom is -0.302 e. The molecule has 3 unspecified atom stereocenters. The van der Waals surface area contributed by atoms with E-state index in [1.807, 2.05) is 12.4 Å². The van der Waals surface area contributed by atoms with Crippen molar-refractivity contribution < 1.29 is 0 Å². The molecular formula is C15H27N5S. The normalized spacial score (nSPS) is 23.7. The first-order valence-corrected chi connectivity index (χ1v) is 8.61. The van der Waals surface area contributed by atoms with Gasteiger partial charge in [-0.25, -0.2) is 9.97 Å². The van der Waals surface area contributed by atoms with E-state index in [4.69, 9.17) is 0 Å². The molecule has 118 valence electrons. The van der Waals surface area contributed by atoms with Gasteiger partial charge in [0.15, 0.2) is 5.16 Å². The van der Waals surface area contributed by atoms with Crippen LogP contribution < -0.4 is 10.9 Å². The number of hydrogen-bond acceptors (Lipinski definition) is 6. The summed E-state index contributed by atoms with van der Waals surface area (Å²) in [5, 5.41) is 1.45. The zero-order valence-corrected chi connectivity index (χ0v) is 14.3. The molecule has 0 aromatic carbocycles. The minimum atomic E-state index is 0.526. The molecule has 0 amide bonds.